The molecule has 1 aromatic rings. The van der Waals surface area contributed by atoms with Crippen LogP contribution in [0.2, 0.25) is 0 Å². The molecule has 3 fully saturated rings. The molecule has 0 spiro atoms. The zero-order valence-electron chi connectivity index (χ0n) is 10.7. The number of nitrogens with zero attached hydrogens (tertiary/aromatic N) is 3. The van der Waals surface area contributed by atoms with Crippen LogP contribution in [0.15, 0.2) is 6.33 Å². The van der Waals surface area contributed by atoms with Gasteiger partial charge in [-0.25, -0.2) is 0 Å². The Hall–Kier alpha value is -0.860. The molecule has 0 N–H and O–H groups in total. The lowest BCUT2D eigenvalue weighted by Gasteiger charge is -2.11. The van der Waals surface area contributed by atoms with Crippen molar-refractivity contribution >= 4 is 0 Å². The molecular weight excluding hydrogens is 210 g/mol. The van der Waals surface area contributed by atoms with E-state index in [0.717, 1.165) is 36.1 Å². The van der Waals surface area contributed by atoms with Gasteiger partial charge in [-0.05, 0) is 48.9 Å². The van der Waals surface area contributed by atoms with E-state index in [2.05, 4.69) is 28.6 Å². The Labute approximate surface area is 103 Å². The fourth-order valence-corrected chi connectivity index (χ4v) is 4.73. The summed E-state index contributed by atoms with van der Waals surface area (Å²) < 4.78 is 2.31. The molecule has 0 radical (unpaired) electrons. The lowest BCUT2D eigenvalue weighted by atomic mass is 10.0. The molecule has 3 aliphatic carbocycles. The quantitative estimate of drug-likeness (QED) is 0.800. The van der Waals surface area contributed by atoms with Crippen LogP contribution in [-0.2, 0) is 6.54 Å². The minimum atomic E-state index is 0.681. The lowest BCUT2D eigenvalue weighted by molar-refractivity contribution is 0.456. The zero-order chi connectivity index (χ0) is 11.6. The third-order valence-corrected chi connectivity index (χ3v) is 5.24. The minimum Gasteiger partial charge on any atom is -0.317 e. The van der Waals surface area contributed by atoms with Gasteiger partial charge in [0.15, 0.2) is 0 Å². The van der Waals surface area contributed by atoms with Crippen LogP contribution in [0.1, 0.15) is 44.9 Å². The van der Waals surface area contributed by atoms with Gasteiger partial charge in [0.05, 0.1) is 0 Å². The summed E-state index contributed by atoms with van der Waals surface area (Å²) in [6.07, 6.45) is 6.43. The number of hydrogen-bond donors (Lipinski definition) is 0. The highest BCUT2D eigenvalue weighted by Gasteiger charge is 2.66. The fourth-order valence-electron chi connectivity index (χ4n) is 4.73. The molecule has 0 amide bonds. The Morgan fingerprint density at radius 1 is 1.29 bits per heavy atom. The van der Waals surface area contributed by atoms with E-state index < -0.39 is 0 Å². The van der Waals surface area contributed by atoms with Gasteiger partial charge in [0.1, 0.15) is 12.2 Å². The smallest absolute Gasteiger partial charge is 0.136 e. The van der Waals surface area contributed by atoms with Gasteiger partial charge in [-0.15, -0.1) is 10.2 Å². The van der Waals surface area contributed by atoms with Crippen LogP contribution >= 0.6 is 0 Å². The second-order valence-corrected chi connectivity index (χ2v) is 6.75. The fraction of sp³-hybridized carbons (Fsp3) is 0.857. The summed E-state index contributed by atoms with van der Waals surface area (Å²) in [6, 6.07) is 0. The molecular formula is C14H21N3. The van der Waals surface area contributed by atoms with E-state index in [1.54, 1.807) is 0 Å². The maximum Gasteiger partial charge on any atom is 0.136 e. The average Bonchev–Trinajstić information content (AvgIpc) is 2.72. The van der Waals surface area contributed by atoms with E-state index in [9.17, 15) is 0 Å². The number of hydrogen-bond acceptors (Lipinski definition) is 2. The third-order valence-electron chi connectivity index (χ3n) is 5.24. The predicted octanol–water partition coefficient (Wildman–Crippen LogP) is 2.69. The Morgan fingerprint density at radius 2 is 2.00 bits per heavy atom. The summed E-state index contributed by atoms with van der Waals surface area (Å²) in [5, 5.41) is 8.57. The van der Waals surface area contributed by atoms with E-state index in [-0.39, 0.29) is 0 Å². The monoisotopic (exact) mass is 231 g/mol. The van der Waals surface area contributed by atoms with Crippen molar-refractivity contribution in [2.24, 2.45) is 29.6 Å². The Bertz CT molecular complexity index is 420. The summed E-state index contributed by atoms with van der Waals surface area (Å²) >= 11 is 0. The molecule has 3 heteroatoms. The molecule has 92 valence electrons. The maximum absolute atomic E-state index is 4.42. The highest BCUT2D eigenvalue weighted by molar-refractivity contribution is 5.24. The molecule has 0 aliphatic heterocycles. The normalized spacial score (nSPS) is 42.2. The van der Waals surface area contributed by atoms with Crippen LogP contribution in [0.25, 0.3) is 0 Å². The van der Waals surface area contributed by atoms with E-state index in [1.807, 2.05) is 6.33 Å². The molecule has 4 rings (SSSR count). The van der Waals surface area contributed by atoms with E-state index in [0.29, 0.717) is 5.92 Å². The van der Waals surface area contributed by atoms with Crippen LogP contribution in [0.5, 0.6) is 0 Å². The number of fused-ring (bicyclic) bond motifs is 5. The molecule has 1 heterocycles. The topological polar surface area (TPSA) is 30.7 Å². The van der Waals surface area contributed by atoms with Crippen LogP contribution in [-0.4, -0.2) is 14.8 Å². The van der Waals surface area contributed by atoms with Crippen molar-refractivity contribution in [1.29, 1.82) is 0 Å². The van der Waals surface area contributed by atoms with Crippen LogP contribution in [0.4, 0.5) is 0 Å². The van der Waals surface area contributed by atoms with E-state index in [1.165, 1.54) is 25.1 Å². The lowest BCUT2D eigenvalue weighted by Crippen LogP contribution is -2.09. The van der Waals surface area contributed by atoms with Crippen molar-refractivity contribution in [1.82, 2.24) is 14.8 Å². The van der Waals surface area contributed by atoms with Crippen LogP contribution in [0, 0.1) is 29.6 Å². The Morgan fingerprint density at radius 3 is 2.65 bits per heavy atom. The number of aromatic nitrogens is 3. The Kier molecular flexibility index (Phi) is 1.98. The van der Waals surface area contributed by atoms with Crippen molar-refractivity contribution in [3.63, 3.8) is 0 Å². The Balaban J connectivity index is 1.59. The second kappa shape index (κ2) is 3.33. The summed E-state index contributed by atoms with van der Waals surface area (Å²) in [5.41, 5.74) is 0. The van der Waals surface area contributed by atoms with Gasteiger partial charge in [-0.3, -0.25) is 0 Å². The van der Waals surface area contributed by atoms with Gasteiger partial charge in [-0.2, -0.15) is 0 Å². The van der Waals surface area contributed by atoms with Gasteiger partial charge in [-0.1, -0.05) is 13.8 Å². The molecule has 4 atom stereocenters. The van der Waals surface area contributed by atoms with Gasteiger partial charge in [0.2, 0.25) is 0 Å². The van der Waals surface area contributed by atoms with Gasteiger partial charge in [0, 0.05) is 12.5 Å². The highest BCUT2D eigenvalue weighted by atomic mass is 15.3. The van der Waals surface area contributed by atoms with E-state index >= 15 is 0 Å². The number of rotatable bonds is 3. The standard InChI is InChI=1S/C14H21N3/c1-8(2)6-17-7-15-16-14(17)13-11-9-3-4-10(5-9)12(11)13/h7-13H,3-6H2,1-2H3. The first-order valence-electron chi connectivity index (χ1n) is 7.13. The van der Waals surface area contributed by atoms with Gasteiger partial charge in [0.25, 0.3) is 0 Å². The summed E-state index contributed by atoms with van der Waals surface area (Å²) in [7, 11) is 0. The van der Waals surface area contributed by atoms with Gasteiger partial charge >= 0.3 is 0 Å². The molecule has 0 saturated heterocycles. The second-order valence-electron chi connectivity index (χ2n) is 6.75. The van der Waals surface area contributed by atoms with Crippen molar-refractivity contribution in [3.05, 3.63) is 12.2 Å². The summed E-state index contributed by atoms with van der Waals surface area (Å²) in [4.78, 5) is 0. The molecule has 2 bridgehead atoms. The molecule has 4 unspecified atom stereocenters. The van der Waals surface area contributed by atoms with Crippen LogP contribution < -0.4 is 0 Å². The summed E-state index contributed by atoms with van der Waals surface area (Å²) in [6.45, 7) is 5.61. The first-order chi connectivity index (χ1) is 8.25. The third kappa shape index (κ3) is 1.34. The van der Waals surface area contributed by atoms with Gasteiger partial charge < -0.3 is 4.57 Å². The molecule has 1 aromatic heterocycles. The predicted molar refractivity (Wildman–Crippen MR) is 65.4 cm³/mol. The zero-order valence-corrected chi connectivity index (χ0v) is 10.7. The molecule has 0 aromatic carbocycles. The molecule has 3 nitrogen and oxygen atoms in total. The van der Waals surface area contributed by atoms with Crippen molar-refractivity contribution in [3.8, 4) is 0 Å². The maximum atomic E-state index is 4.42. The molecule has 17 heavy (non-hydrogen) atoms. The minimum absolute atomic E-state index is 0.681. The molecule has 3 aliphatic rings. The molecule has 3 saturated carbocycles. The largest absolute Gasteiger partial charge is 0.317 e. The van der Waals surface area contributed by atoms with Crippen molar-refractivity contribution in [2.75, 3.05) is 0 Å². The van der Waals surface area contributed by atoms with Crippen molar-refractivity contribution in [2.45, 2.75) is 45.6 Å². The van der Waals surface area contributed by atoms with Crippen molar-refractivity contribution < 1.29 is 0 Å². The van der Waals surface area contributed by atoms with Crippen LogP contribution in [0.3, 0.4) is 0 Å². The first kappa shape index (κ1) is 10.1. The summed E-state index contributed by atoms with van der Waals surface area (Å²) in [5.74, 6) is 6.75. The highest BCUT2D eigenvalue weighted by Crippen LogP contribution is 2.72. The van der Waals surface area contributed by atoms with E-state index in [4.69, 9.17) is 0 Å². The first-order valence-corrected chi connectivity index (χ1v) is 7.13. The SMILES string of the molecule is CC(C)Cn1cnnc1C1C2C3CCC(C3)C12. The average molecular weight is 231 g/mol.